The van der Waals surface area contributed by atoms with E-state index in [1.165, 1.54) is 19.1 Å². The van der Waals surface area contributed by atoms with Crippen LogP contribution in [0.3, 0.4) is 0 Å². The predicted octanol–water partition coefficient (Wildman–Crippen LogP) is 3.39. The molecule has 1 aliphatic rings. The van der Waals surface area contributed by atoms with Gasteiger partial charge in [0.15, 0.2) is 5.78 Å². The van der Waals surface area contributed by atoms with Crippen molar-refractivity contribution >= 4 is 39.6 Å². The van der Waals surface area contributed by atoms with Gasteiger partial charge in [0.25, 0.3) is 11.8 Å². The number of para-hydroxylation sites is 1. The minimum Gasteiger partial charge on any atom is -0.358 e. The zero-order valence-corrected chi connectivity index (χ0v) is 14.6. The van der Waals surface area contributed by atoms with Crippen molar-refractivity contribution < 1.29 is 18.8 Å². The molecule has 6 heteroatoms. The van der Waals surface area contributed by atoms with Crippen LogP contribution in [0.1, 0.15) is 34.1 Å². The van der Waals surface area contributed by atoms with Gasteiger partial charge in [0.2, 0.25) is 0 Å². The van der Waals surface area contributed by atoms with Gasteiger partial charge in [-0.05, 0) is 38.1 Å². The molecular weight excluding hydrogens is 347 g/mol. The number of halogens is 1. The van der Waals surface area contributed by atoms with Gasteiger partial charge < -0.3 is 4.98 Å². The van der Waals surface area contributed by atoms with E-state index in [0.717, 1.165) is 17.0 Å². The number of carbonyl (C=O) groups excluding carboxylic acids is 3. The molecule has 27 heavy (non-hydrogen) atoms. The first-order chi connectivity index (χ1) is 12.9. The summed E-state index contributed by atoms with van der Waals surface area (Å²) < 4.78 is 14.6. The molecule has 0 fully saturated rings. The maximum atomic E-state index is 14.6. The second-order valence-electron chi connectivity index (χ2n) is 6.45. The highest BCUT2D eigenvalue weighted by Crippen LogP contribution is 2.37. The molecule has 1 aromatic heterocycles. The summed E-state index contributed by atoms with van der Waals surface area (Å²) in [5.74, 6) is -2.20. The van der Waals surface area contributed by atoms with Gasteiger partial charge in [-0.2, -0.15) is 0 Å². The van der Waals surface area contributed by atoms with E-state index in [0.29, 0.717) is 11.3 Å². The molecule has 134 valence electrons. The largest absolute Gasteiger partial charge is 0.358 e. The molecule has 2 heterocycles. The van der Waals surface area contributed by atoms with Crippen LogP contribution in [0.25, 0.3) is 22.0 Å². The van der Waals surface area contributed by atoms with Crippen LogP contribution in [-0.4, -0.2) is 22.6 Å². The Kier molecular flexibility index (Phi) is 3.77. The van der Waals surface area contributed by atoms with Crippen molar-refractivity contribution in [3.8, 4) is 0 Å². The molecule has 4 rings (SSSR count). The van der Waals surface area contributed by atoms with Crippen molar-refractivity contribution in [3.63, 3.8) is 0 Å². The highest BCUT2D eigenvalue weighted by molar-refractivity contribution is 6.50. The fourth-order valence-corrected chi connectivity index (χ4v) is 3.49. The predicted molar refractivity (Wildman–Crippen MR) is 99.4 cm³/mol. The lowest BCUT2D eigenvalue weighted by atomic mass is 9.93. The van der Waals surface area contributed by atoms with Crippen molar-refractivity contribution in [3.05, 3.63) is 70.7 Å². The number of rotatable bonds is 3. The van der Waals surface area contributed by atoms with Crippen LogP contribution in [0.4, 0.5) is 4.39 Å². The number of hydrogen-bond acceptors (Lipinski definition) is 3. The summed E-state index contributed by atoms with van der Waals surface area (Å²) >= 11 is 0. The number of hydrogen-bond donors (Lipinski definition) is 2. The first kappa shape index (κ1) is 16.9. The quantitative estimate of drug-likeness (QED) is 0.554. The Hall–Kier alpha value is -3.54. The van der Waals surface area contributed by atoms with Gasteiger partial charge in [0.05, 0.1) is 11.1 Å². The zero-order chi connectivity index (χ0) is 19.3. The summed E-state index contributed by atoms with van der Waals surface area (Å²) in [6.07, 6.45) is 0. The molecule has 2 amide bonds. The molecule has 2 N–H and O–H groups in total. The maximum absolute atomic E-state index is 14.6. The van der Waals surface area contributed by atoms with E-state index >= 15 is 0 Å². The van der Waals surface area contributed by atoms with Crippen LogP contribution >= 0.6 is 0 Å². The van der Waals surface area contributed by atoms with E-state index < -0.39 is 17.6 Å². The Morgan fingerprint density at radius 2 is 1.70 bits per heavy atom. The van der Waals surface area contributed by atoms with Crippen molar-refractivity contribution in [2.75, 3.05) is 0 Å². The number of fused-ring (bicyclic) bond motifs is 1. The smallest absolute Gasteiger partial charge is 0.259 e. The minimum atomic E-state index is -0.681. The van der Waals surface area contributed by atoms with Gasteiger partial charge >= 0.3 is 0 Å². The molecule has 5 nitrogen and oxygen atoms in total. The van der Waals surface area contributed by atoms with Crippen LogP contribution < -0.4 is 5.32 Å². The van der Waals surface area contributed by atoms with Crippen LogP contribution in [0, 0.1) is 12.7 Å². The van der Waals surface area contributed by atoms with Crippen molar-refractivity contribution in [1.29, 1.82) is 0 Å². The van der Waals surface area contributed by atoms with E-state index in [-0.39, 0.29) is 28.1 Å². The number of amides is 2. The van der Waals surface area contributed by atoms with Crippen LogP contribution in [0.5, 0.6) is 0 Å². The summed E-state index contributed by atoms with van der Waals surface area (Å²) in [6, 6.07) is 11.2. The van der Waals surface area contributed by atoms with Gasteiger partial charge in [-0.3, -0.25) is 19.7 Å². The van der Waals surface area contributed by atoms with Gasteiger partial charge in [-0.15, -0.1) is 0 Å². The highest BCUT2D eigenvalue weighted by atomic mass is 19.1. The molecule has 0 saturated carbocycles. The molecule has 2 aromatic carbocycles. The average Bonchev–Trinajstić information content (AvgIpc) is 3.09. The molecule has 0 saturated heterocycles. The monoisotopic (exact) mass is 362 g/mol. The van der Waals surface area contributed by atoms with Gasteiger partial charge in [0, 0.05) is 33.3 Å². The van der Waals surface area contributed by atoms with Crippen molar-refractivity contribution in [1.82, 2.24) is 10.3 Å². The Balaban J connectivity index is 2.07. The Morgan fingerprint density at radius 3 is 2.44 bits per heavy atom. The number of benzene rings is 2. The van der Waals surface area contributed by atoms with Crippen molar-refractivity contribution in [2.45, 2.75) is 13.8 Å². The lowest BCUT2D eigenvalue weighted by molar-refractivity contribution is -0.122. The number of aromatic nitrogens is 1. The summed E-state index contributed by atoms with van der Waals surface area (Å²) in [6.45, 7) is 3.15. The number of H-pyrrole nitrogens is 1. The van der Waals surface area contributed by atoms with E-state index in [2.05, 4.69) is 10.3 Å². The second-order valence-corrected chi connectivity index (χ2v) is 6.45. The number of Topliss-reactive ketones (excluding diaryl/α,β-unsaturated/α-hetero) is 1. The van der Waals surface area contributed by atoms with E-state index in [1.54, 1.807) is 6.92 Å². The highest BCUT2D eigenvalue weighted by Gasteiger charge is 2.35. The average molecular weight is 362 g/mol. The summed E-state index contributed by atoms with van der Waals surface area (Å²) in [5.41, 5.74) is 2.30. The Morgan fingerprint density at radius 1 is 1.00 bits per heavy atom. The molecule has 0 atom stereocenters. The maximum Gasteiger partial charge on any atom is 0.259 e. The Bertz CT molecular complexity index is 1190. The van der Waals surface area contributed by atoms with Gasteiger partial charge in [-0.25, -0.2) is 4.39 Å². The third-order valence-corrected chi connectivity index (χ3v) is 4.72. The summed E-state index contributed by atoms with van der Waals surface area (Å²) in [5, 5.41) is 3.01. The first-order valence-corrected chi connectivity index (χ1v) is 8.37. The number of ketones is 1. The molecule has 0 radical (unpaired) electrons. The summed E-state index contributed by atoms with van der Waals surface area (Å²) in [7, 11) is 0. The lowest BCUT2D eigenvalue weighted by Gasteiger charge is -2.08. The zero-order valence-electron chi connectivity index (χ0n) is 14.6. The first-order valence-electron chi connectivity index (χ1n) is 8.37. The minimum absolute atomic E-state index is 0.0616. The Labute approximate surface area is 153 Å². The standard InChI is InChI=1S/C21H15FN2O3/c1-10-17(13-5-3-4-6-16(13)23-10)19-18(20(26)24-21(19)27)14-9-12(11(2)25)7-8-15(14)22/h3-9,23H,1-2H3,(H,24,26,27). The molecule has 1 aliphatic heterocycles. The number of imide groups is 1. The van der Waals surface area contributed by atoms with E-state index in [9.17, 15) is 18.8 Å². The molecule has 0 bridgehead atoms. The topological polar surface area (TPSA) is 79.0 Å². The molecule has 0 unspecified atom stereocenters. The van der Waals surface area contributed by atoms with Crippen LogP contribution in [0.2, 0.25) is 0 Å². The number of carbonyl (C=O) groups is 3. The second kappa shape index (κ2) is 6.02. The lowest BCUT2D eigenvalue weighted by Crippen LogP contribution is -2.23. The van der Waals surface area contributed by atoms with Gasteiger partial charge in [-0.1, -0.05) is 18.2 Å². The molecule has 0 spiro atoms. The summed E-state index contributed by atoms with van der Waals surface area (Å²) in [4.78, 5) is 40.0. The normalized spacial score (nSPS) is 14.2. The van der Waals surface area contributed by atoms with E-state index in [4.69, 9.17) is 0 Å². The number of aryl methyl sites for hydroxylation is 1. The number of nitrogens with one attached hydrogen (secondary N) is 2. The third kappa shape index (κ3) is 2.57. The van der Waals surface area contributed by atoms with Crippen LogP contribution in [0.15, 0.2) is 42.5 Å². The van der Waals surface area contributed by atoms with Crippen LogP contribution in [-0.2, 0) is 9.59 Å². The SMILES string of the molecule is CC(=O)c1ccc(F)c(C2=C(c3c(C)[nH]c4ccccc34)C(=O)NC2=O)c1. The van der Waals surface area contributed by atoms with E-state index in [1.807, 2.05) is 24.3 Å². The number of aromatic amines is 1. The van der Waals surface area contributed by atoms with Gasteiger partial charge in [0.1, 0.15) is 5.82 Å². The fourth-order valence-electron chi connectivity index (χ4n) is 3.49. The third-order valence-electron chi connectivity index (χ3n) is 4.72. The molecular formula is C21H15FN2O3. The fraction of sp³-hybridized carbons (Fsp3) is 0.0952. The molecule has 3 aromatic rings. The molecule has 0 aliphatic carbocycles. The van der Waals surface area contributed by atoms with Crippen molar-refractivity contribution in [2.24, 2.45) is 0 Å².